The zero-order valence-corrected chi connectivity index (χ0v) is 20.4. The van der Waals surface area contributed by atoms with Crippen LogP contribution in [0.1, 0.15) is 44.1 Å². The minimum atomic E-state index is -4.70. The molecule has 10 heteroatoms. The third kappa shape index (κ3) is 4.77. The number of amidine groups is 1. The zero-order chi connectivity index (χ0) is 25.6. The van der Waals surface area contributed by atoms with Gasteiger partial charge >= 0.3 is 12.2 Å². The molecule has 35 heavy (non-hydrogen) atoms. The van der Waals surface area contributed by atoms with Crippen molar-refractivity contribution >= 4 is 11.9 Å². The van der Waals surface area contributed by atoms with Gasteiger partial charge < -0.3 is 10.6 Å². The summed E-state index contributed by atoms with van der Waals surface area (Å²) < 4.78 is 53.4. The number of hydrogen-bond donors (Lipinski definition) is 1. The molecule has 1 aromatic carbocycles. The van der Waals surface area contributed by atoms with E-state index in [4.69, 9.17) is 5.73 Å². The number of alkyl halides is 3. The van der Waals surface area contributed by atoms with Crippen LogP contribution in [0.2, 0.25) is 0 Å². The Morgan fingerprint density at radius 3 is 2.40 bits per heavy atom. The molecule has 4 rings (SSSR count). The molecule has 1 spiro atoms. The van der Waals surface area contributed by atoms with Crippen LogP contribution in [0.5, 0.6) is 0 Å². The summed E-state index contributed by atoms with van der Waals surface area (Å²) in [7, 11) is 5.31. The Kier molecular flexibility index (Phi) is 6.63. The Morgan fingerprint density at radius 1 is 1.23 bits per heavy atom. The minimum Gasteiger partial charge on any atom is -0.395 e. The standard InChI is InChI=1S/C25H33F4N5O/c1-31-21(14-20(30)25(27,28)29)33-16-23(34(22(33)35)15-17-7-8-17)9-11-24(12-10-23,32(2)3)18-5-4-6-19(26)13-18/h4-6,13-14,17H,7-12,15-16,30H2,1-3H3. The molecule has 6 nitrogen and oxygen atoms in total. The van der Waals surface area contributed by atoms with Crippen LogP contribution in [0, 0.1) is 11.7 Å². The molecule has 0 radical (unpaired) electrons. The molecule has 192 valence electrons. The monoisotopic (exact) mass is 495 g/mol. The highest BCUT2D eigenvalue weighted by Gasteiger charge is 2.56. The number of amides is 2. The first-order valence-corrected chi connectivity index (χ1v) is 12.0. The van der Waals surface area contributed by atoms with E-state index in [-0.39, 0.29) is 24.2 Å². The van der Waals surface area contributed by atoms with Crippen molar-refractivity contribution in [2.75, 3.05) is 34.2 Å². The molecular weight excluding hydrogens is 462 g/mol. The maximum absolute atomic E-state index is 14.1. The van der Waals surface area contributed by atoms with Crippen LogP contribution >= 0.6 is 0 Å². The molecule has 0 bridgehead atoms. The summed E-state index contributed by atoms with van der Waals surface area (Å²) in [6.45, 7) is 0.833. The number of carbonyl (C=O) groups is 1. The maximum atomic E-state index is 14.1. The van der Waals surface area contributed by atoms with Crippen LogP contribution < -0.4 is 5.73 Å². The molecule has 1 saturated heterocycles. The highest BCUT2D eigenvalue weighted by molar-refractivity contribution is 6.05. The lowest BCUT2D eigenvalue weighted by Crippen LogP contribution is -2.55. The largest absolute Gasteiger partial charge is 0.430 e. The number of benzene rings is 1. The third-order valence-corrected chi connectivity index (χ3v) is 7.97. The Balaban J connectivity index is 1.64. The molecule has 3 fully saturated rings. The number of carbonyl (C=O) groups excluding carboxylic acids is 1. The predicted octanol–water partition coefficient (Wildman–Crippen LogP) is 4.48. The number of hydrogen-bond acceptors (Lipinski definition) is 4. The molecule has 0 aromatic heterocycles. The van der Waals surface area contributed by atoms with E-state index in [9.17, 15) is 22.4 Å². The molecule has 2 amide bonds. The van der Waals surface area contributed by atoms with Crippen molar-refractivity contribution in [2.45, 2.75) is 55.8 Å². The Hall–Kier alpha value is -2.62. The number of urea groups is 1. The number of nitrogens with zero attached hydrogens (tertiary/aromatic N) is 4. The number of halogens is 4. The fraction of sp³-hybridized carbons (Fsp3) is 0.600. The minimum absolute atomic E-state index is 0.0860. The highest BCUT2D eigenvalue weighted by atomic mass is 19.4. The van der Waals surface area contributed by atoms with E-state index in [1.807, 2.05) is 25.1 Å². The molecule has 3 aliphatic rings. The second-order valence-electron chi connectivity index (χ2n) is 10.3. The fourth-order valence-electron chi connectivity index (χ4n) is 5.62. The van der Waals surface area contributed by atoms with Crippen LogP contribution in [-0.4, -0.2) is 72.5 Å². The van der Waals surface area contributed by atoms with Gasteiger partial charge in [0, 0.05) is 25.2 Å². The van der Waals surface area contributed by atoms with Crippen LogP contribution in [0.15, 0.2) is 41.0 Å². The molecule has 2 N–H and O–H groups in total. The van der Waals surface area contributed by atoms with E-state index >= 15 is 0 Å². The van der Waals surface area contributed by atoms with Crippen LogP contribution in [-0.2, 0) is 5.54 Å². The van der Waals surface area contributed by atoms with Gasteiger partial charge in [-0.1, -0.05) is 12.1 Å². The number of rotatable bonds is 5. The zero-order valence-electron chi connectivity index (χ0n) is 20.4. The van der Waals surface area contributed by atoms with Crippen molar-refractivity contribution in [1.82, 2.24) is 14.7 Å². The van der Waals surface area contributed by atoms with Crippen molar-refractivity contribution in [1.29, 1.82) is 0 Å². The summed E-state index contributed by atoms with van der Waals surface area (Å²) in [6.07, 6.45) is 0.784. The van der Waals surface area contributed by atoms with Crippen molar-refractivity contribution in [2.24, 2.45) is 16.6 Å². The quantitative estimate of drug-likeness (QED) is 0.372. The van der Waals surface area contributed by atoms with Gasteiger partial charge in [-0.15, -0.1) is 0 Å². The van der Waals surface area contributed by atoms with Gasteiger partial charge in [0.2, 0.25) is 0 Å². The summed E-state index contributed by atoms with van der Waals surface area (Å²) in [5.41, 5.74) is 3.94. The van der Waals surface area contributed by atoms with Crippen molar-refractivity contribution < 1.29 is 22.4 Å². The summed E-state index contributed by atoms with van der Waals surface area (Å²) in [4.78, 5) is 22.8. The highest BCUT2D eigenvalue weighted by Crippen LogP contribution is 2.50. The van der Waals surface area contributed by atoms with Gasteiger partial charge in [-0.25, -0.2) is 9.18 Å². The lowest BCUT2D eigenvalue weighted by atomic mass is 9.68. The third-order valence-electron chi connectivity index (χ3n) is 7.97. The Morgan fingerprint density at radius 2 is 1.89 bits per heavy atom. The topological polar surface area (TPSA) is 65.2 Å². The van der Waals surface area contributed by atoms with Crippen molar-refractivity contribution in [3.63, 3.8) is 0 Å². The molecular formula is C25H33F4N5O. The lowest BCUT2D eigenvalue weighted by Gasteiger charge is -2.51. The van der Waals surface area contributed by atoms with E-state index in [0.717, 1.165) is 24.5 Å². The molecule has 2 saturated carbocycles. The maximum Gasteiger partial charge on any atom is 0.430 e. The van der Waals surface area contributed by atoms with Gasteiger partial charge in [0.05, 0.1) is 12.1 Å². The van der Waals surface area contributed by atoms with Crippen LogP contribution in [0.25, 0.3) is 0 Å². The number of aliphatic imine (C=N–C) groups is 1. The van der Waals surface area contributed by atoms with Gasteiger partial charge in [-0.3, -0.25) is 14.8 Å². The summed E-state index contributed by atoms with van der Waals surface area (Å²) in [5.74, 6) is 0.0360. The van der Waals surface area contributed by atoms with E-state index in [0.29, 0.717) is 38.1 Å². The Bertz CT molecular complexity index is 1020. The van der Waals surface area contributed by atoms with Crippen LogP contribution in [0.3, 0.4) is 0 Å². The lowest BCUT2D eigenvalue weighted by molar-refractivity contribution is -0.0925. The van der Waals surface area contributed by atoms with Crippen molar-refractivity contribution in [3.8, 4) is 0 Å². The average molecular weight is 496 g/mol. The van der Waals surface area contributed by atoms with Gasteiger partial charge in [0.25, 0.3) is 0 Å². The molecule has 0 atom stereocenters. The average Bonchev–Trinajstić information content (AvgIpc) is 3.59. The molecule has 2 aliphatic carbocycles. The first-order valence-electron chi connectivity index (χ1n) is 12.0. The smallest absolute Gasteiger partial charge is 0.395 e. The van der Waals surface area contributed by atoms with Gasteiger partial charge in [0.1, 0.15) is 17.3 Å². The molecule has 1 aliphatic heterocycles. The molecule has 0 unspecified atom stereocenters. The van der Waals surface area contributed by atoms with E-state index < -0.39 is 23.0 Å². The second kappa shape index (κ2) is 9.11. The van der Waals surface area contributed by atoms with E-state index in [1.165, 1.54) is 18.0 Å². The summed E-state index contributed by atoms with van der Waals surface area (Å²) in [5, 5.41) is 0. The SMILES string of the molecule is CN=C(C=C(N)C(F)(F)F)N1CC2(CCC(c3cccc(F)c3)(N(C)C)CC2)N(CC2CC2)C1=O. The van der Waals surface area contributed by atoms with Gasteiger partial charge in [0.15, 0.2) is 0 Å². The van der Waals surface area contributed by atoms with E-state index in [1.54, 1.807) is 12.1 Å². The number of nitrogens with two attached hydrogens (primary N) is 1. The summed E-state index contributed by atoms with van der Waals surface area (Å²) >= 11 is 0. The number of allylic oxidation sites excluding steroid dienone is 1. The molecule has 1 heterocycles. The van der Waals surface area contributed by atoms with Gasteiger partial charge in [-0.2, -0.15) is 13.2 Å². The predicted molar refractivity (Wildman–Crippen MR) is 126 cm³/mol. The molecule has 1 aromatic rings. The summed E-state index contributed by atoms with van der Waals surface area (Å²) in [6, 6.07) is 6.31. The van der Waals surface area contributed by atoms with Crippen LogP contribution in [0.4, 0.5) is 22.4 Å². The van der Waals surface area contributed by atoms with Gasteiger partial charge in [-0.05, 0) is 76.2 Å². The Labute approximate surface area is 203 Å². The first kappa shape index (κ1) is 25.5. The van der Waals surface area contributed by atoms with E-state index in [2.05, 4.69) is 9.89 Å². The normalized spacial score (nSPS) is 28.5. The van der Waals surface area contributed by atoms with Crippen molar-refractivity contribution in [3.05, 3.63) is 47.4 Å². The fourth-order valence-corrected chi connectivity index (χ4v) is 5.62. The first-order chi connectivity index (χ1) is 16.4. The second-order valence-corrected chi connectivity index (χ2v) is 10.3.